The molecule has 0 atom stereocenters. The van der Waals surface area contributed by atoms with Gasteiger partial charge in [0.1, 0.15) is 5.82 Å². The minimum Gasteiger partial charge on any atom is -0.328 e. The summed E-state index contributed by atoms with van der Waals surface area (Å²) in [5.74, 6) is -0.527. The summed E-state index contributed by atoms with van der Waals surface area (Å²) in [6, 6.07) is 4.03. The van der Waals surface area contributed by atoms with Gasteiger partial charge in [-0.25, -0.2) is 12.8 Å². The van der Waals surface area contributed by atoms with Gasteiger partial charge in [0, 0.05) is 18.6 Å². The van der Waals surface area contributed by atoms with E-state index in [-0.39, 0.29) is 17.0 Å². The molecule has 0 amide bonds. The summed E-state index contributed by atoms with van der Waals surface area (Å²) in [6.45, 7) is 3.90. The molecule has 1 aromatic carbocycles. The lowest BCUT2D eigenvalue weighted by molar-refractivity contribution is 0.247. The van der Waals surface area contributed by atoms with Gasteiger partial charge < -0.3 is 5.73 Å². The van der Waals surface area contributed by atoms with Crippen LogP contribution < -0.4 is 5.73 Å². The molecule has 0 aromatic heterocycles. The van der Waals surface area contributed by atoms with Crippen molar-refractivity contribution in [2.45, 2.75) is 56.5 Å². The molecule has 21 heavy (non-hydrogen) atoms. The molecule has 0 heterocycles. The van der Waals surface area contributed by atoms with E-state index in [9.17, 15) is 12.8 Å². The van der Waals surface area contributed by atoms with Crippen molar-refractivity contribution in [2.75, 3.05) is 6.54 Å². The van der Waals surface area contributed by atoms with Crippen LogP contribution in [0.5, 0.6) is 0 Å². The standard InChI is InChI=1S/C15H23FN2O2S/c1-3-18(14-8-6-13(17)7-9-14)21(19,20)15-10-12(16)5-4-11(15)2/h4-5,10,13-14H,3,6-9,17H2,1-2H3. The second-order valence-corrected chi connectivity index (χ2v) is 7.55. The molecular weight excluding hydrogens is 291 g/mol. The third kappa shape index (κ3) is 3.44. The number of nitrogens with zero attached hydrogens (tertiary/aromatic N) is 1. The molecule has 0 saturated heterocycles. The lowest BCUT2D eigenvalue weighted by Gasteiger charge is -2.34. The minimum atomic E-state index is -3.67. The Hall–Kier alpha value is -0.980. The molecule has 6 heteroatoms. The second kappa shape index (κ2) is 6.42. The summed E-state index contributed by atoms with van der Waals surface area (Å²) < 4.78 is 40.6. The minimum absolute atomic E-state index is 0.0394. The van der Waals surface area contributed by atoms with Gasteiger partial charge in [-0.2, -0.15) is 4.31 Å². The molecule has 1 saturated carbocycles. The van der Waals surface area contributed by atoms with Gasteiger partial charge in [0.05, 0.1) is 4.90 Å². The van der Waals surface area contributed by atoms with E-state index in [0.717, 1.165) is 31.7 Å². The third-order valence-electron chi connectivity index (χ3n) is 4.20. The van der Waals surface area contributed by atoms with Crippen LogP contribution in [0.25, 0.3) is 0 Å². The van der Waals surface area contributed by atoms with Crippen LogP contribution in [-0.4, -0.2) is 31.4 Å². The summed E-state index contributed by atoms with van der Waals surface area (Å²) in [5.41, 5.74) is 6.46. The maximum absolute atomic E-state index is 13.4. The molecule has 2 N–H and O–H groups in total. The zero-order valence-electron chi connectivity index (χ0n) is 12.5. The Morgan fingerprint density at radius 3 is 2.48 bits per heavy atom. The number of aryl methyl sites for hydroxylation is 1. The van der Waals surface area contributed by atoms with Crippen molar-refractivity contribution >= 4 is 10.0 Å². The zero-order valence-corrected chi connectivity index (χ0v) is 13.4. The first-order valence-corrected chi connectivity index (χ1v) is 8.83. The Labute approximate surface area is 126 Å². The molecule has 4 nitrogen and oxygen atoms in total. The zero-order chi connectivity index (χ0) is 15.6. The van der Waals surface area contributed by atoms with Crippen LogP contribution in [0.15, 0.2) is 23.1 Å². The van der Waals surface area contributed by atoms with Crippen molar-refractivity contribution in [3.63, 3.8) is 0 Å². The van der Waals surface area contributed by atoms with E-state index >= 15 is 0 Å². The first kappa shape index (κ1) is 16.4. The Balaban J connectivity index is 2.33. The first-order chi connectivity index (χ1) is 9.86. The van der Waals surface area contributed by atoms with Gasteiger partial charge in [0.25, 0.3) is 0 Å². The van der Waals surface area contributed by atoms with Crippen molar-refractivity contribution in [1.82, 2.24) is 4.31 Å². The Morgan fingerprint density at radius 1 is 1.29 bits per heavy atom. The number of nitrogens with two attached hydrogens (primary N) is 1. The maximum atomic E-state index is 13.4. The number of benzene rings is 1. The quantitative estimate of drug-likeness (QED) is 0.928. The van der Waals surface area contributed by atoms with Crippen LogP contribution in [0, 0.1) is 12.7 Å². The van der Waals surface area contributed by atoms with Crippen LogP contribution in [0.4, 0.5) is 4.39 Å². The number of rotatable bonds is 4. The lowest BCUT2D eigenvalue weighted by atomic mass is 9.92. The summed E-state index contributed by atoms with van der Waals surface area (Å²) in [7, 11) is -3.67. The molecule has 0 radical (unpaired) electrons. The molecular formula is C15H23FN2O2S. The Morgan fingerprint density at radius 2 is 1.90 bits per heavy atom. The van der Waals surface area contributed by atoms with Gasteiger partial charge in [0.15, 0.2) is 0 Å². The van der Waals surface area contributed by atoms with E-state index < -0.39 is 15.8 Å². The van der Waals surface area contributed by atoms with E-state index in [4.69, 9.17) is 5.73 Å². The highest BCUT2D eigenvalue weighted by Gasteiger charge is 2.33. The number of hydrogen-bond acceptors (Lipinski definition) is 3. The second-order valence-electron chi connectivity index (χ2n) is 5.69. The molecule has 0 bridgehead atoms. The van der Waals surface area contributed by atoms with Crippen molar-refractivity contribution in [3.8, 4) is 0 Å². The van der Waals surface area contributed by atoms with Gasteiger partial charge in [-0.3, -0.25) is 0 Å². The highest BCUT2D eigenvalue weighted by Crippen LogP contribution is 2.28. The van der Waals surface area contributed by atoms with Crippen molar-refractivity contribution in [1.29, 1.82) is 0 Å². The fourth-order valence-electron chi connectivity index (χ4n) is 2.99. The van der Waals surface area contributed by atoms with Crippen molar-refractivity contribution in [3.05, 3.63) is 29.6 Å². The van der Waals surface area contributed by atoms with Crippen molar-refractivity contribution in [2.24, 2.45) is 5.73 Å². The van der Waals surface area contributed by atoms with Gasteiger partial charge in [-0.1, -0.05) is 13.0 Å². The average Bonchev–Trinajstić information content (AvgIpc) is 2.44. The highest BCUT2D eigenvalue weighted by atomic mass is 32.2. The third-order valence-corrected chi connectivity index (χ3v) is 6.37. The summed E-state index contributed by atoms with van der Waals surface area (Å²) in [5, 5.41) is 0. The van der Waals surface area contributed by atoms with Crippen molar-refractivity contribution < 1.29 is 12.8 Å². The fourth-order valence-corrected chi connectivity index (χ4v) is 4.92. The summed E-state index contributed by atoms with van der Waals surface area (Å²) in [4.78, 5) is 0.0687. The van der Waals surface area contributed by atoms with E-state index in [2.05, 4.69) is 0 Å². The molecule has 0 spiro atoms. The predicted molar refractivity (Wildman–Crippen MR) is 80.9 cm³/mol. The highest BCUT2D eigenvalue weighted by molar-refractivity contribution is 7.89. The van der Waals surface area contributed by atoms with E-state index in [1.807, 2.05) is 6.92 Å². The van der Waals surface area contributed by atoms with Crippen LogP contribution in [0.1, 0.15) is 38.2 Å². The molecule has 0 aliphatic heterocycles. The largest absolute Gasteiger partial charge is 0.328 e. The van der Waals surface area contributed by atoms with Gasteiger partial charge in [0.2, 0.25) is 10.0 Å². The van der Waals surface area contributed by atoms with Crippen LogP contribution >= 0.6 is 0 Å². The molecule has 1 aliphatic rings. The molecule has 1 aromatic rings. The fraction of sp³-hybridized carbons (Fsp3) is 0.600. The molecule has 1 fully saturated rings. The first-order valence-electron chi connectivity index (χ1n) is 7.39. The molecule has 1 aliphatic carbocycles. The van der Waals surface area contributed by atoms with Gasteiger partial charge in [-0.15, -0.1) is 0 Å². The summed E-state index contributed by atoms with van der Waals surface area (Å²) in [6.07, 6.45) is 3.20. The smallest absolute Gasteiger partial charge is 0.243 e. The van der Waals surface area contributed by atoms with Gasteiger partial charge >= 0.3 is 0 Å². The van der Waals surface area contributed by atoms with Crippen LogP contribution in [0.3, 0.4) is 0 Å². The van der Waals surface area contributed by atoms with E-state index in [0.29, 0.717) is 12.1 Å². The SMILES string of the molecule is CCN(C1CCC(N)CC1)S(=O)(=O)c1cc(F)ccc1C. The van der Waals surface area contributed by atoms with Gasteiger partial charge in [-0.05, 0) is 50.3 Å². The predicted octanol–water partition coefficient (Wildman–Crippen LogP) is 2.41. The van der Waals surface area contributed by atoms with E-state index in [1.54, 1.807) is 6.92 Å². The number of halogens is 1. The van der Waals surface area contributed by atoms with Crippen LogP contribution in [0.2, 0.25) is 0 Å². The monoisotopic (exact) mass is 314 g/mol. The summed E-state index contributed by atoms with van der Waals surface area (Å²) >= 11 is 0. The molecule has 0 unspecified atom stereocenters. The number of sulfonamides is 1. The maximum Gasteiger partial charge on any atom is 0.243 e. The Kier molecular flexibility index (Phi) is 5.01. The molecule has 118 valence electrons. The topological polar surface area (TPSA) is 63.4 Å². The average molecular weight is 314 g/mol. The lowest BCUT2D eigenvalue weighted by Crippen LogP contribution is -2.44. The Bertz CT molecular complexity index is 596. The molecule has 2 rings (SSSR count). The number of hydrogen-bond donors (Lipinski definition) is 1. The van der Waals surface area contributed by atoms with Crippen LogP contribution in [-0.2, 0) is 10.0 Å². The normalized spacial score (nSPS) is 23.5. The van der Waals surface area contributed by atoms with E-state index in [1.165, 1.54) is 16.4 Å².